The second-order valence-electron chi connectivity index (χ2n) is 8.12. The fourth-order valence-electron chi connectivity index (χ4n) is 4.31. The van der Waals surface area contributed by atoms with E-state index in [4.69, 9.17) is 4.74 Å². The Balaban J connectivity index is 0.00000289. The van der Waals surface area contributed by atoms with Gasteiger partial charge in [0.1, 0.15) is 24.1 Å². The molecule has 0 bridgehead atoms. The Bertz CT molecular complexity index is 1080. The quantitative estimate of drug-likeness (QED) is 0.171. The van der Waals surface area contributed by atoms with E-state index in [1.165, 1.54) is 0 Å². The number of hydrogen-bond acceptors (Lipinski definition) is 4. The van der Waals surface area contributed by atoms with Crippen molar-refractivity contribution >= 4 is 11.7 Å². The molecule has 1 aliphatic heterocycles. The molecule has 2 aromatic carbocycles. The molecule has 2 unspecified atom stereocenters. The normalized spacial score (nSPS) is 18.3. The lowest BCUT2D eigenvalue weighted by Gasteiger charge is -2.10. The first-order valence-corrected chi connectivity index (χ1v) is 10.7. The zero-order chi connectivity index (χ0) is 21.8. The highest BCUT2D eigenvalue weighted by atomic mass is 79.9. The maximum Gasteiger partial charge on any atom is 0.309 e. The first-order chi connectivity index (χ1) is 15.1. The summed E-state index contributed by atoms with van der Waals surface area (Å²) in [4.78, 5) is 11.9. The summed E-state index contributed by atoms with van der Waals surface area (Å²) in [5.41, 5.74) is 4.86. The van der Waals surface area contributed by atoms with Crippen molar-refractivity contribution in [2.45, 2.75) is 26.3 Å². The molecule has 1 N–H and O–H groups in total. The monoisotopic (exact) mass is 497 g/mol. The van der Waals surface area contributed by atoms with Gasteiger partial charge in [0, 0.05) is 17.9 Å². The largest absolute Gasteiger partial charge is 1.00 e. The van der Waals surface area contributed by atoms with E-state index in [1.54, 1.807) is 0 Å². The third kappa shape index (κ3) is 5.10. The molecule has 2 heterocycles. The number of imidazole rings is 1. The number of rotatable bonds is 7. The zero-order valence-electron chi connectivity index (χ0n) is 18.3. The number of ether oxygens (including phenoxy) is 1. The predicted octanol–water partition coefficient (Wildman–Crippen LogP) is 0.604. The lowest BCUT2D eigenvalue weighted by atomic mass is 9.89. The highest BCUT2D eigenvalue weighted by Crippen LogP contribution is 2.28. The van der Waals surface area contributed by atoms with Crippen molar-refractivity contribution in [1.29, 1.82) is 0 Å². The lowest BCUT2D eigenvalue weighted by Crippen LogP contribution is -3.00. The van der Waals surface area contributed by atoms with Crippen molar-refractivity contribution in [2.75, 3.05) is 6.61 Å². The molecule has 168 valence electrons. The molecule has 6 nitrogen and oxygen atoms in total. The van der Waals surface area contributed by atoms with E-state index in [2.05, 4.69) is 28.1 Å². The third-order valence-corrected chi connectivity index (χ3v) is 6.09. The molecule has 0 aliphatic carbocycles. The summed E-state index contributed by atoms with van der Waals surface area (Å²) < 4.78 is 9.33. The zero-order valence-corrected chi connectivity index (χ0v) is 19.9. The maximum absolute atomic E-state index is 11.9. The van der Waals surface area contributed by atoms with Crippen LogP contribution in [-0.4, -0.2) is 28.1 Å². The topological polar surface area (TPSA) is 67.7 Å². The molecular weight excluding hydrogens is 470 g/mol. The Hall–Kier alpha value is -2.93. The third-order valence-electron chi connectivity index (χ3n) is 6.09. The molecule has 1 aliphatic rings. The van der Waals surface area contributed by atoms with Gasteiger partial charge in [-0.2, -0.15) is 0 Å². The molecule has 0 spiro atoms. The van der Waals surface area contributed by atoms with Gasteiger partial charge < -0.3 is 26.9 Å². The smallest absolute Gasteiger partial charge is 0.309 e. The number of aryl methyl sites for hydroxylation is 1. The van der Waals surface area contributed by atoms with Crippen LogP contribution in [0.3, 0.4) is 0 Å². The van der Waals surface area contributed by atoms with E-state index >= 15 is 0 Å². The van der Waals surface area contributed by atoms with Crippen molar-refractivity contribution in [1.82, 2.24) is 4.57 Å². The number of hydrogen-bond donors (Lipinski definition) is 1. The number of carbonyl (C=O) groups is 1. The molecule has 7 heteroatoms. The number of benzene rings is 2. The molecule has 0 amide bonds. The van der Waals surface area contributed by atoms with Crippen molar-refractivity contribution in [2.24, 2.45) is 24.0 Å². The highest BCUT2D eigenvalue weighted by molar-refractivity contribution is 5.99. The van der Waals surface area contributed by atoms with Gasteiger partial charge in [-0.25, -0.2) is 9.13 Å². The molecule has 1 fully saturated rings. The number of halogens is 1. The number of esters is 1. The molecule has 4 rings (SSSR count). The van der Waals surface area contributed by atoms with Crippen LogP contribution in [0.2, 0.25) is 0 Å². The van der Waals surface area contributed by atoms with Crippen LogP contribution in [-0.2, 0) is 29.5 Å². The predicted molar refractivity (Wildman–Crippen MR) is 118 cm³/mol. The molecular formula is C25H28BrN3O3. The minimum absolute atomic E-state index is 0. The first-order valence-electron chi connectivity index (χ1n) is 10.7. The SMILES string of the molecule is CCC1C(=O)OCC1Cc1c[n+](C/C(=N\O)c2ccc(-c3ccccc3)cc2)cn1C.[Br-]. The molecule has 0 saturated carbocycles. The number of cyclic esters (lactones) is 1. The average Bonchev–Trinajstić information content (AvgIpc) is 3.34. The Labute approximate surface area is 198 Å². The summed E-state index contributed by atoms with van der Waals surface area (Å²) in [6.07, 6.45) is 5.62. The van der Waals surface area contributed by atoms with Crippen LogP contribution in [0.4, 0.5) is 0 Å². The Morgan fingerprint density at radius 1 is 1.16 bits per heavy atom. The molecule has 1 saturated heterocycles. The second kappa shape index (κ2) is 10.6. The summed E-state index contributed by atoms with van der Waals surface area (Å²) in [5.74, 6) is 0.0975. The second-order valence-corrected chi connectivity index (χ2v) is 8.12. The summed E-state index contributed by atoms with van der Waals surface area (Å²) in [5, 5.41) is 13.2. The molecule has 3 aromatic rings. The van der Waals surface area contributed by atoms with E-state index in [1.807, 2.05) is 67.3 Å². The van der Waals surface area contributed by atoms with E-state index in [0.29, 0.717) is 18.9 Å². The molecule has 32 heavy (non-hydrogen) atoms. The number of carbonyl (C=O) groups excluding carboxylic acids is 1. The fourth-order valence-corrected chi connectivity index (χ4v) is 4.31. The molecule has 2 atom stereocenters. The maximum atomic E-state index is 11.9. The lowest BCUT2D eigenvalue weighted by molar-refractivity contribution is -0.681. The van der Waals surface area contributed by atoms with Gasteiger partial charge in [0.15, 0.2) is 0 Å². The summed E-state index contributed by atoms with van der Waals surface area (Å²) in [7, 11) is 1.99. The number of oxime groups is 1. The Morgan fingerprint density at radius 3 is 2.50 bits per heavy atom. The van der Waals surface area contributed by atoms with Gasteiger partial charge in [-0.1, -0.05) is 66.7 Å². The average molecular weight is 498 g/mol. The van der Waals surface area contributed by atoms with Gasteiger partial charge in [0.05, 0.1) is 19.6 Å². The van der Waals surface area contributed by atoms with Crippen LogP contribution in [0, 0.1) is 11.8 Å². The van der Waals surface area contributed by atoms with Crippen LogP contribution < -0.4 is 21.5 Å². The van der Waals surface area contributed by atoms with Gasteiger partial charge in [-0.3, -0.25) is 4.79 Å². The summed E-state index contributed by atoms with van der Waals surface area (Å²) in [6, 6.07) is 18.2. The summed E-state index contributed by atoms with van der Waals surface area (Å²) >= 11 is 0. The van der Waals surface area contributed by atoms with Crippen molar-refractivity contribution < 1.29 is 36.3 Å². The Morgan fingerprint density at radius 2 is 1.84 bits per heavy atom. The van der Waals surface area contributed by atoms with E-state index in [0.717, 1.165) is 35.2 Å². The van der Waals surface area contributed by atoms with Crippen molar-refractivity contribution in [3.05, 3.63) is 78.4 Å². The van der Waals surface area contributed by atoms with E-state index in [9.17, 15) is 10.0 Å². The van der Waals surface area contributed by atoms with Gasteiger partial charge >= 0.3 is 5.97 Å². The first kappa shape index (κ1) is 23.7. The standard InChI is InChI=1S/C25H27N3O3.BrH/c1-3-23-21(16-31-25(23)29)13-22-14-28(17-27(22)2)15-24(26-30)20-11-9-19(10-12-20)18-7-5-4-6-8-18;/h4-12,14,17,21,23H,3,13,15-16H2,1-2H3;1H/b26-24+;. The van der Waals surface area contributed by atoms with Crippen LogP contribution >= 0.6 is 0 Å². The molecule has 1 aromatic heterocycles. The molecule has 0 radical (unpaired) electrons. The van der Waals surface area contributed by atoms with Gasteiger partial charge in [-0.05, 0) is 17.5 Å². The van der Waals surface area contributed by atoms with E-state index < -0.39 is 0 Å². The van der Waals surface area contributed by atoms with Gasteiger partial charge in [0.25, 0.3) is 0 Å². The minimum Gasteiger partial charge on any atom is -1.00 e. The van der Waals surface area contributed by atoms with Crippen molar-refractivity contribution in [3.8, 4) is 11.1 Å². The minimum atomic E-state index is -0.0803. The Kier molecular flexibility index (Phi) is 7.85. The van der Waals surface area contributed by atoms with Crippen LogP contribution in [0.25, 0.3) is 11.1 Å². The summed E-state index contributed by atoms with van der Waals surface area (Å²) in [6.45, 7) is 2.97. The van der Waals surface area contributed by atoms with Gasteiger partial charge in [-0.15, -0.1) is 0 Å². The number of nitrogens with zero attached hydrogens (tertiary/aromatic N) is 3. The highest BCUT2D eigenvalue weighted by Gasteiger charge is 2.36. The van der Waals surface area contributed by atoms with Crippen molar-refractivity contribution in [3.63, 3.8) is 0 Å². The fraction of sp³-hybridized carbons (Fsp3) is 0.320. The van der Waals surface area contributed by atoms with E-state index in [-0.39, 0.29) is 34.8 Å². The van der Waals surface area contributed by atoms with Crippen LogP contribution in [0.1, 0.15) is 24.6 Å². The van der Waals surface area contributed by atoms with Gasteiger partial charge in [0.2, 0.25) is 6.33 Å². The van der Waals surface area contributed by atoms with Crippen LogP contribution in [0.15, 0.2) is 72.3 Å². The van der Waals surface area contributed by atoms with Crippen LogP contribution in [0.5, 0.6) is 0 Å². The number of aromatic nitrogens is 2.